The molecule has 1 saturated heterocycles. The molecule has 0 unspecified atom stereocenters. The van der Waals surface area contributed by atoms with E-state index >= 15 is 0 Å². The Morgan fingerprint density at radius 2 is 1.90 bits per heavy atom. The van der Waals surface area contributed by atoms with Crippen LogP contribution in [-0.2, 0) is 14.8 Å². The van der Waals surface area contributed by atoms with Gasteiger partial charge in [-0.3, -0.25) is 4.79 Å². The third kappa shape index (κ3) is 2.75. The van der Waals surface area contributed by atoms with Crippen molar-refractivity contribution in [2.24, 2.45) is 0 Å². The van der Waals surface area contributed by atoms with E-state index in [1.165, 1.54) is 22.4 Å². The SMILES string of the molecule is COc1cc(S(=O)(=O)N2CCN(C=O)CC2)ccc1F. The molecule has 1 amide bonds. The second kappa shape index (κ2) is 5.76. The summed E-state index contributed by atoms with van der Waals surface area (Å²) in [7, 11) is -2.42. The van der Waals surface area contributed by atoms with Crippen LogP contribution in [0.15, 0.2) is 23.1 Å². The van der Waals surface area contributed by atoms with E-state index < -0.39 is 15.8 Å². The molecule has 0 spiro atoms. The highest BCUT2D eigenvalue weighted by atomic mass is 32.2. The van der Waals surface area contributed by atoms with E-state index in [-0.39, 0.29) is 23.7 Å². The van der Waals surface area contributed by atoms with Crippen LogP contribution in [0, 0.1) is 5.82 Å². The summed E-state index contributed by atoms with van der Waals surface area (Å²) in [6, 6.07) is 3.43. The van der Waals surface area contributed by atoms with Crippen LogP contribution in [0.5, 0.6) is 5.75 Å². The summed E-state index contributed by atoms with van der Waals surface area (Å²) in [5.74, 6) is -0.727. The first-order valence-electron chi connectivity index (χ1n) is 6.02. The quantitative estimate of drug-likeness (QED) is 0.750. The van der Waals surface area contributed by atoms with E-state index in [9.17, 15) is 17.6 Å². The number of hydrogen-bond donors (Lipinski definition) is 0. The van der Waals surface area contributed by atoms with Crippen molar-refractivity contribution in [3.8, 4) is 5.75 Å². The first-order valence-corrected chi connectivity index (χ1v) is 7.46. The Balaban J connectivity index is 2.25. The molecule has 0 saturated carbocycles. The normalized spacial score (nSPS) is 17.0. The van der Waals surface area contributed by atoms with E-state index in [4.69, 9.17) is 4.74 Å². The largest absolute Gasteiger partial charge is 0.494 e. The van der Waals surface area contributed by atoms with Crippen molar-refractivity contribution >= 4 is 16.4 Å². The van der Waals surface area contributed by atoms with Crippen LogP contribution in [0.1, 0.15) is 0 Å². The molecule has 1 fully saturated rings. The molecule has 20 heavy (non-hydrogen) atoms. The zero-order valence-electron chi connectivity index (χ0n) is 11.0. The standard InChI is InChI=1S/C12H15FN2O4S/c1-19-12-8-10(2-3-11(12)13)20(17,18)15-6-4-14(9-16)5-7-15/h2-3,8-9H,4-7H2,1H3. The Kier molecular flexibility index (Phi) is 4.24. The highest BCUT2D eigenvalue weighted by Crippen LogP contribution is 2.24. The van der Waals surface area contributed by atoms with Crippen LogP contribution in [0.4, 0.5) is 4.39 Å². The Labute approximate surface area is 116 Å². The summed E-state index contributed by atoms with van der Waals surface area (Å²) in [6.07, 6.45) is 0.699. The minimum Gasteiger partial charge on any atom is -0.494 e. The smallest absolute Gasteiger partial charge is 0.243 e. The molecule has 2 rings (SSSR count). The maximum atomic E-state index is 13.3. The number of nitrogens with zero attached hydrogens (tertiary/aromatic N) is 2. The van der Waals surface area contributed by atoms with E-state index in [0.29, 0.717) is 19.5 Å². The zero-order valence-corrected chi connectivity index (χ0v) is 11.8. The number of methoxy groups -OCH3 is 1. The van der Waals surface area contributed by atoms with Crippen molar-refractivity contribution in [1.82, 2.24) is 9.21 Å². The molecule has 0 bridgehead atoms. The summed E-state index contributed by atoms with van der Waals surface area (Å²) < 4.78 is 44.2. The van der Waals surface area contributed by atoms with Gasteiger partial charge in [-0.05, 0) is 12.1 Å². The van der Waals surface area contributed by atoms with Crippen molar-refractivity contribution in [3.05, 3.63) is 24.0 Å². The number of sulfonamides is 1. The predicted molar refractivity (Wildman–Crippen MR) is 69.3 cm³/mol. The number of piperazine rings is 1. The predicted octanol–water partition coefficient (Wildman–Crippen LogP) is 0.297. The lowest BCUT2D eigenvalue weighted by Crippen LogP contribution is -2.47. The van der Waals surface area contributed by atoms with Gasteiger partial charge in [0.2, 0.25) is 16.4 Å². The van der Waals surface area contributed by atoms with Crippen molar-refractivity contribution < 1.29 is 22.3 Å². The van der Waals surface area contributed by atoms with Gasteiger partial charge >= 0.3 is 0 Å². The van der Waals surface area contributed by atoms with Gasteiger partial charge < -0.3 is 9.64 Å². The van der Waals surface area contributed by atoms with E-state index in [1.54, 1.807) is 0 Å². The van der Waals surface area contributed by atoms with Gasteiger partial charge in [0.1, 0.15) is 0 Å². The Morgan fingerprint density at radius 1 is 1.25 bits per heavy atom. The molecule has 1 aliphatic rings. The van der Waals surface area contributed by atoms with Crippen molar-refractivity contribution in [3.63, 3.8) is 0 Å². The lowest BCUT2D eigenvalue weighted by atomic mass is 10.3. The highest BCUT2D eigenvalue weighted by molar-refractivity contribution is 7.89. The van der Waals surface area contributed by atoms with Crippen LogP contribution in [-0.4, -0.2) is 57.3 Å². The molecule has 6 nitrogen and oxygen atoms in total. The molecular formula is C12H15FN2O4S. The van der Waals surface area contributed by atoms with Crippen LogP contribution in [0.3, 0.4) is 0 Å². The average Bonchev–Trinajstić information content (AvgIpc) is 2.47. The second-order valence-corrected chi connectivity index (χ2v) is 6.28. The molecule has 0 radical (unpaired) electrons. The fourth-order valence-corrected chi connectivity index (χ4v) is 3.44. The average molecular weight is 302 g/mol. The number of halogens is 1. The summed E-state index contributed by atoms with van der Waals surface area (Å²) >= 11 is 0. The third-order valence-electron chi connectivity index (χ3n) is 3.18. The molecule has 1 aromatic carbocycles. The maximum absolute atomic E-state index is 13.3. The van der Waals surface area contributed by atoms with Gasteiger partial charge in [-0.25, -0.2) is 12.8 Å². The number of amides is 1. The Bertz CT molecular complexity index is 597. The van der Waals surface area contributed by atoms with E-state index in [0.717, 1.165) is 12.1 Å². The van der Waals surface area contributed by atoms with Crippen molar-refractivity contribution in [2.45, 2.75) is 4.90 Å². The topological polar surface area (TPSA) is 66.9 Å². The first-order chi connectivity index (χ1) is 9.48. The second-order valence-electron chi connectivity index (χ2n) is 4.34. The van der Waals surface area contributed by atoms with Gasteiger partial charge in [0.25, 0.3) is 0 Å². The summed E-state index contributed by atoms with van der Waals surface area (Å²) in [5.41, 5.74) is 0. The Hall–Kier alpha value is -1.67. The molecule has 0 atom stereocenters. The molecule has 0 aliphatic carbocycles. The minimum absolute atomic E-state index is 0.0182. The Morgan fingerprint density at radius 3 is 2.45 bits per heavy atom. The molecule has 1 aliphatic heterocycles. The van der Waals surface area contributed by atoms with Crippen LogP contribution >= 0.6 is 0 Å². The highest BCUT2D eigenvalue weighted by Gasteiger charge is 2.28. The molecule has 110 valence electrons. The van der Waals surface area contributed by atoms with Gasteiger partial charge in [-0.15, -0.1) is 0 Å². The van der Waals surface area contributed by atoms with Gasteiger partial charge in [0, 0.05) is 32.2 Å². The summed E-state index contributed by atoms with van der Waals surface area (Å²) in [5, 5.41) is 0. The molecule has 1 aromatic rings. The van der Waals surface area contributed by atoms with Gasteiger partial charge in [0.15, 0.2) is 11.6 Å². The first kappa shape index (κ1) is 14.7. The number of ether oxygens (including phenoxy) is 1. The third-order valence-corrected chi connectivity index (χ3v) is 5.08. The zero-order chi connectivity index (χ0) is 14.8. The number of benzene rings is 1. The molecule has 8 heteroatoms. The molecule has 1 heterocycles. The summed E-state index contributed by atoms with van der Waals surface area (Å²) in [6.45, 7) is 1.14. The number of carbonyl (C=O) groups is 1. The number of carbonyl (C=O) groups excluding carboxylic acids is 1. The minimum atomic E-state index is -3.70. The van der Waals surface area contributed by atoms with Crippen LogP contribution in [0.25, 0.3) is 0 Å². The van der Waals surface area contributed by atoms with Crippen molar-refractivity contribution in [2.75, 3.05) is 33.3 Å². The maximum Gasteiger partial charge on any atom is 0.243 e. The fraction of sp³-hybridized carbons (Fsp3) is 0.417. The van der Waals surface area contributed by atoms with Crippen LogP contribution < -0.4 is 4.74 Å². The van der Waals surface area contributed by atoms with Gasteiger partial charge in [-0.1, -0.05) is 0 Å². The molecular weight excluding hydrogens is 287 g/mol. The number of hydrogen-bond acceptors (Lipinski definition) is 4. The van der Waals surface area contributed by atoms with E-state index in [2.05, 4.69) is 0 Å². The summed E-state index contributed by atoms with van der Waals surface area (Å²) in [4.78, 5) is 12.1. The lowest BCUT2D eigenvalue weighted by molar-refractivity contribution is -0.119. The van der Waals surface area contributed by atoms with E-state index in [1.807, 2.05) is 0 Å². The van der Waals surface area contributed by atoms with Crippen LogP contribution in [0.2, 0.25) is 0 Å². The van der Waals surface area contributed by atoms with Crippen molar-refractivity contribution in [1.29, 1.82) is 0 Å². The fourth-order valence-electron chi connectivity index (χ4n) is 2.00. The lowest BCUT2D eigenvalue weighted by Gasteiger charge is -2.31. The molecule has 0 aromatic heterocycles. The monoisotopic (exact) mass is 302 g/mol. The van der Waals surface area contributed by atoms with Gasteiger partial charge in [-0.2, -0.15) is 4.31 Å². The molecule has 0 N–H and O–H groups in total. The number of rotatable bonds is 4. The van der Waals surface area contributed by atoms with Gasteiger partial charge in [0.05, 0.1) is 12.0 Å².